The fourth-order valence-corrected chi connectivity index (χ4v) is 2.88. The van der Waals surface area contributed by atoms with Crippen molar-refractivity contribution >= 4 is 39.7 Å². The molecule has 0 radical (unpaired) electrons. The van der Waals surface area contributed by atoms with Crippen LogP contribution in [-0.4, -0.2) is 10.9 Å². The number of aromatic nitrogens is 1. The average molecular weight is 330 g/mol. The van der Waals surface area contributed by atoms with Crippen molar-refractivity contribution in [2.24, 2.45) is 0 Å². The molecule has 3 aromatic rings. The van der Waals surface area contributed by atoms with Crippen LogP contribution in [0.15, 0.2) is 54.6 Å². The van der Waals surface area contributed by atoms with Gasteiger partial charge in [0.2, 0.25) is 0 Å². The van der Waals surface area contributed by atoms with Gasteiger partial charge in [-0.2, -0.15) is 0 Å². The number of amides is 1. The topological polar surface area (TPSA) is 68.0 Å². The van der Waals surface area contributed by atoms with Gasteiger partial charge in [-0.3, -0.25) is 4.79 Å². The number of carbonyl (C=O) groups is 1. The second-order valence-electron chi connectivity index (χ2n) is 4.56. The molecule has 4 nitrogen and oxygen atoms in total. The Morgan fingerprint density at radius 2 is 1.77 bits per heavy atom. The number of nitrogen functional groups attached to an aromatic ring is 1. The van der Waals surface area contributed by atoms with E-state index in [1.165, 1.54) is 11.3 Å². The van der Waals surface area contributed by atoms with E-state index in [2.05, 4.69) is 10.3 Å². The van der Waals surface area contributed by atoms with Crippen molar-refractivity contribution < 1.29 is 4.79 Å². The van der Waals surface area contributed by atoms with Crippen LogP contribution in [0.1, 0.15) is 9.67 Å². The molecule has 0 saturated heterocycles. The smallest absolute Gasteiger partial charge is 0.268 e. The Balaban J connectivity index is 1.91. The molecule has 6 heteroatoms. The number of thiazole rings is 1. The molecule has 1 heterocycles. The molecule has 1 amide bonds. The molecule has 0 aliphatic rings. The molecule has 22 heavy (non-hydrogen) atoms. The summed E-state index contributed by atoms with van der Waals surface area (Å²) in [4.78, 5) is 17.2. The summed E-state index contributed by atoms with van der Waals surface area (Å²) in [7, 11) is 0. The number of hydrogen-bond acceptors (Lipinski definition) is 4. The zero-order valence-electron chi connectivity index (χ0n) is 11.4. The molecule has 0 spiro atoms. The van der Waals surface area contributed by atoms with Gasteiger partial charge in [-0.15, -0.1) is 0 Å². The van der Waals surface area contributed by atoms with E-state index in [1.807, 2.05) is 30.3 Å². The number of hydrogen-bond donors (Lipinski definition) is 2. The zero-order chi connectivity index (χ0) is 15.5. The van der Waals surface area contributed by atoms with E-state index in [0.717, 1.165) is 5.56 Å². The van der Waals surface area contributed by atoms with Gasteiger partial charge in [0.15, 0.2) is 5.13 Å². The van der Waals surface area contributed by atoms with Crippen LogP contribution in [0.2, 0.25) is 5.02 Å². The molecule has 110 valence electrons. The minimum absolute atomic E-state index is 0.240. The van der Waals surface area contributed by atoms with Crippen molar-refractivity contribution in [3.63, 3.8) is 0 Å². The molecule has 0 unspecified atom stereocenters. The lowest BCUT2D eigenvalue weighted by molar-refractivity contribution is 0.103. The summed E-state index contributed by atoms with van der Waals surface area (Å²) in [6.07, 6.45) is 0. The van der Waals surface area contributed by atoms with Gasteiger partial charge in [0.05, 0.1) is 5.69 Å². The van der Waals surface area contributed by atoms with Gasteiger partial charge in [-0.05, 0) is 24.3 Å². The Hall–Kier alpha value is -2.37. The first-order valence-electron chi connectivity index (χ1n) is 6.52. The lowest BCUT2D eigenvalue weighted by atomic mass is 10.1. The van der Waals surface area contributed by atoms with Crippen molar-refractivity contribution in [1.29, 1.82) is 0 Å². The fourth-order valence-electron chi connectivity index (χ4n) is 2.00. The van der Waals surface area contributed by atoms with Crippen molar-refractivity contribution in [1.82, 2.24) is 4.98 Å². The Morgan fingerprint density at radius 1 is 1.09 bits per heavy atom. The highest BCUT2D eigenvalue weighted by Gasteiger charge is 2.18. The number of nitrogens with two attached hydrogens (primary N) is 1. The number of nitrogens with zero attached hydrogens (tertiary/aromatic N) is 1. The molecule has 3 N–H and O–H groups in total. The standard InChI is InChI=1S/C16H12ClN3OS/c17-11-6-8-12(9-7-11)19-15(21)14-13(20-16(18)22-14)10-4-2-1-3-5-10/h1-9H,(H2,18,20)(H,19,21). The molecular formula is C16H12ClN3OS. The molecular weight excluding hydrogens is 318 g/mol. The zero-order valence-corrected chi connectivity index (χ0v) is 13.0. The Labute approximate surface area is 136 Å². The van der Waals surface area contributed by atoms with Crippen LogP contribution >= 0.6 is 22.9 Å². The van der Waals surface area contributed by atoms with E-state index in [1.54, 1.807) is 24.3 Å². The predicted octanol–water partition coefficient (Wildman–Crippen LogP) is 4.30. The third-order valence-electron chi connectivity index (χ3n) is 3.00. The van der Waals surface area contributed by atoms with Gasteiger partial charge in [0.1, 0.15) is 4.88 Å². The monoisotopic (exact) mass is 329 g/mol. The van der Waals surface area contributed by atoms with Crippen LogP contribution < -0.4 is 11.1 Å². The minimum Gasteiger partial charge on any atom is -0.375 e. The molecule has 0 fully saturated rings. The van der Waals surface area contributed by atoms with Crippen molar-refractivity contribution in [2.45, 2.75) is 0 Å². The molecule has 0 atom stereocenters. The van der Waals surface area contributed by atoms with Crippen LogP contribution in [-0.2, 0) is 0 Å². The number of anilines is 2. The first-order chi connectivity index (χ1) is 10.6. The molecule has 0 aliphatic heterocycles. The average Bonchev–Trinajstić information content (AvgIpc) is 2.92. The van der Waals surface area contributed by atoms with Gasteiger partial charge in [-0.25, -0.2) is 4.98 Å². The quantitative estimate of drug-likeness (QED) is 0.752. The van der Waals surface area contributed by atoms with Crippen LogP contribution in [0.25, 0.3) is 11.3 Å². The summed E-state index contributed by atoms with van der Waals surface area (Å²) >= 11 is 7.00. The summed E-state index contributed by atoms with van der Waals surface area (Å²) in [6, 6.07) is 16.4. The maximum atomic E-state index is 12.5. The summed E-state index contributed by atoms with van der Waals surface area (Å²) < 4.78 is 0. The highest BCUT2D eigenvalue weighted by Crippen LogP contribution is 2.30. The van der Waals surface area contributed by atoms with E-state index in [0.29, 0.717) is 26.4 Å². The van der Waals surface area contributed by atoms with Gasteiger partial charge in [-0.1, -0.05) is 53.3 Å². The second-order valence-corrected chi connectivity index (χ2v) is 6.02. The van der Waals surface area contributed by atoms with Crippen molar-refractivity contribution in [2.75, 3.05) is 11.1 Å². The predicted molar refractivity (Wildman–Crippen MR) is 91.4 cm³/mol. The highest BCUT2D eigenvalue weighted by molar-refractivity contribution is 7.17. The molecule has 0 saturated carbocycles. The van der Waals surface area contributed by atoms with E-state index >= 15 is 0 Å². The first kappa shape index (κ1) is 14.6. The van der Waals surface area contributed by atoms with Gasteiger partial charge in [0.25, 0.3) is 5.91 Å². The molecule has 3 rings (SSSR count). The second kappa shape index (κ2) is 6.17. The van der Waals surface area contributed by atoms with Crippen LogP contribution in [0.4, 0.5) is 10.8 Å². The SMILES string of the molecule is Nc1nc(-c2ccccc2)c(C(=O)Nc2ccc(Cl)cc2)s1. The third-order valence-corrected chi connectivity index (χ3v) is 4.13. The Bertz CT molecular complexity index is 800. The fraction of sp³-hybridized carbons (Fsp3) is 0. The van der Waals surface area contributed by atoms with Crippen LogP contribution in [0, 0.1) is 0 Å². The van der Waals surface area contributed by atoms with E-state index in [-0.39, 0.29) is 5.91 Å². The largest absolute Gasteiger partial charge is 0.375 e. The van der Waals surface area contributed by atoms with E-state index in [9.17, 15) is 4.79 Å². The normalized spacial score (nSPS) is 10.4. The van der Waals surface area contributed by atoms with Crippen LogP contribution in [0.5, 0.6) is 0 Å². The lowest BCUT2D eigenvalue weighted by Crippen LogP contribution is -2.11. The van der Waals surface area contributed by atoms with Crippen LogP contribution in [0.3, 0.4) is 0 Å². The molecule has 2 aromatic carbocycles. The first-order valence-corrected chi connectivity index (χ1v) is 7.71. The Morgan fingerprint density at radius 3 is 2.45 bits per heavy atom. The lowest BCUT2D eigenvalue weighted by Gasteiger charge is -2.05. The van der Waals surface area contributed by atoms with Crippen molar-refractivity contribution in [3.05, 3.63) is 64.5 Å². The summed E-state index contributed by atoms with van der Waals surface area (Å²) in [6.45, 7) is 0. The van der Waals surface area contributed by atoms with E-state index < -0.39 is 0 Å². The molecule has 0 bridgehead atoms. The number of benzene rings is 2. The number of nitrogens with one attached hydrogen (secondary N) is 1. The maximum absolute atomic E-state index is 12.5. The number of halogens is 1. The summed E-state index contributed by atoms with van der Waals surface area (Å²) in [5, 5.41) is 3.80. The highest BCUT2D eigenvalue weighted by atomic mass is 35.5. The minimum atomic E-state index is -0.240. The van der Waals surface area contributed by atoms with E-state index in [4.69, 9.17) is 17.3 Å². The van der Waals surface area contributed by atoms with Crippen molar-refractivity contribution in [3.8, 4) is 11.3 Å². The third kappa shape index (κ3) is 3.10. The summed E-state index contributed by atoms with van der Waals surface area (Å²) in [5.74, 6) is -0.240. The maximum Gasteiger partial charge on any atom is 0.268 e. The number of carbonyl (C=O) groups excluding carboxylic acids is 1. The van der Waals surface area contributed by atoms with Gasteiger partial charge < -0.3 is 11.1 Å². The molecule has 1 aromatic heterocycles. The molecule has 0 aliphatic carbocycles. The van der Waals surface area contributed by atoms with Gasteiger partial charge >= 0.3 is 0 Å². The summed E-state index contributed by atoms with van der Waals surface area (Å²) in [5.41, 5.74) is 7.90. The Kier molecular flexibility index (Phi) is 4.09. The number of rotatable bonds is 3. The van der Waals surface area contributed by atoms with Gasteiger partial charge in [0, 0.05) is 16.3 Å².